The van der Waals surface area contributed by atoms with E-state index in [1.165, 1.54) is 15.4 Å². The molecule has 1 heterocycles. The predicted molar refractivity (Wildman–Crippen MR) is 106 cm³/mol. The fourth-order valence-electron chi connectivity index (χ4n) is 4.06. The van der Waals surface area contributed by atoms with E-state index in [1.54, 1.807) is 6.92 Å². The number of nitrogens with one attached hydrogen (secondary N) is 1. The topological polar surface area (TPSA) is 66.5 Å². The first-order valence-corrected chi connectivity index (χ1v) is 11.1. The Morgan fingerprint density at radius 1 is 1.07 bits per heavy atom. The fourth-order valence-corrected chi connectivity index (χ4v) is 5.28. The molecule has 0 fully saturated rings. The number of anilines is 1. The van der Waals surface area contributed by atoms with Gasteiger partial charge in [-0.15, -0.1) is 0 Å². The van der Waals surface area contributed by atoms with E-state index in [0.29, 0.717) is 6.42 Å². The molecule has 0 unspecified atom stereocenters. The van der Waals surface area contributed by atoms with E-state index in [0.717, 1.165) is 36.1 Å². The van der Waals surface area contributed by atoms with Crippen molar-refractivity contribution in [2.75, 3.05) is 11.1 Å². The molecule has 142 valence electrons. The van der Waals surface area contributed by atoms with Crippen LogP contribution in [0.1, 0.15) is 35.6 Å². The van der Waals surface area contributed by atoms with E-state index < -0.39 is 16.1 Å². The third kappa shape index (κ3) is 3.51. The lowest BCUT2D eigenvalue weighted by molar-refractivity contribution is -0.120. The first-order valence-electron chi connectivity index (χ1n) is 9.47. The molecule has 0 aromatic heterocycles. The maximum atomic E-state index is 13.0. The van der Waals surface area contributed by atoms with E-state index in [1.807, 2.05) is 36.4 Å². The number of hydrogen-bond acceptors (Lipinski definition) is 3. The van der Waals surface area contributed by atoms with Crippen LogP contribution in [0.2, 0.25) is 0 Å². The highest BCUT2D eigenvalue weighted by Crippen LogP contribution is 2.28. The largest absolute Gasteiger partial charge is 0.325 e. The second-order valence-corrected chi connectivity index (χ2v) is 9.47. The highest BCUT2D eigenvalue weighted by atomic mass is 32.2. The van der Waals surface area contributed by atoms with Gasteiger partial charge in [0.1, 0.15) is 6.04 Å². The highest BCUT2D eigenvalue weighted by molar-refractivity contribution is 7.89. The Morgan fingerprint density at radius 2 is 1.81 bits per heavy atom. The predicted octanol–water partition coefficient (Wildman–Crippen LogP) is 2.89. The summed E-state index contributed by atoms with van der Waals surface area (Å²) in [4.78, 5) is 13.0. The van der Waals surface area contributed by atoms with Gasteiger partial charge in [0.15, 0.2) is 0 Å². The number of sulfonamides is 1. The minimum Gasteiger partial charge on any atom is -0.325 e. The molecule has 0 radical (unpaired) electrons. The third-order valence-electron chi connectivity index (χ3n) is 5.60. The lowest BCUT2D eigenvalue weighted by atomic mass is 9.95. The van der Waals surface area contributed by atoms with Crippen LogP contribution in [0.25, 0.3) is 0 Å². The van der Waals surface area contributed by atoms with E-state index in [-0.39, 0.29) is 18.2 Å². The molecule has 6 heteroatoms. The van der Waals surface area contributed by atoms with Gasteiger partial charge in [0.05, 0.1) is 5.75 Å². The van der Waals surface area contributed by atoms with Crippen molar-refractivity contribution in [1.82, 2.24) is 4.31 Å². The molecule has 1 aliphatic carbocycles. The summed E-state index contributed by atoms with van der Waals surface area (Å²) in [5.41, 5.74) is 5.37. The Kier molecular flexibility index (Phi) is 4.78. The van der Waals surface area contributed by atoms with Crippen LogP contribution in [0.3, 0.4) is 0 Å². The average Bonchev–Trinajstić information content (AvgIpc) is 3.14. The van der Waals surface area contributed by atoms with Crippen LogP contribution in [-0.2, 0) is 40.6 Å². The fraction of sp³-hybridized carbons (Fsp3) is 0.381. The third-order valence-corrected chi connectivity index (χ3v) is 7.42. The second kappa shape index (κ2) is 7.09. The first kappa shape index (κ1) is 18.2. The van der Waals surface area contributed by atoms with Crippen LogP contribution in [0.15, 0.2) is 42.5 Å². The maximum Gasteiger partial charge on any atom is 0.243 e. The summed E-state index contributed by atoms with van der Waals surface area (Å²) in [5, 5.41) is 2.95. The summed E-state index contributed by atoms with van der Waals surface area (Å²) in [6.07, 6.45) is 3.67. The molecule has 0 bridgehead atoms. The van der Waals surface area contributed by atoms with Crippen molar-refractivity contribution in [2.45, 2.75) is 45.2 Å². The zero-order chi connectivity index (χ0) is 19.0. The van der Waals surface area contributed by atoms with Crippen LogP contribution < -0.4 is 5.32 Å². The van der Waals surface area contributed by atoms with Gasteiger partial charge in [0.2, 0.25) is 15.9 Å². The molecule has 2 aromatic rings. The molecule has 27 heavy (non-hydrogen) atoms. The van der Waals surface area contributed by atoms with E-state index >= 15 is 0 Å². The molecule has 4 rings (SSSR count). The molecular weight excluding hydrogens is 360 g/mol. The van der Waals surface area contributed by atoms with Gasteiger partial charge in [-0.3, -0.25) is 4.79 Å². The molecule has 1 amide bonds. The number of rotatable bonds is 4. The molecule has 1 aliphatic heterocycles. The molecule has 2 aromatic carbocycles. The van der Waals surface area contributed by atoms with Crippen LogP contribution in [0.5, 0.6) is 0 Å². The van der Waals surface area contributed by atoms with Crippen molar-refractivity contribution in [3.8, 4) is 0 Å². The van der Waals surface area contributed by atoms with Crippen molar-refractivity contribution < 1.29 is 13.2 Å². The maximum absolute atomic E-state index is 13.0. The van der Waals surface area contributed by atoms with Crippen LogP contribution in [0.4, 0.5) is 5.69 Å². The summed E-state index contributed by atoms with van der Waals surface area (Å²) >= 11 is 0. The number of amides is 1. The monoisotopic (exact) mass is 384 g/mol. The number of aryl methyl sites for hydroxylation is 2. The van der Waals surface area contributed by atoms with Crippen molar-refractivity contribution in [2.24, 2.45) is 0 Å². The van der Waals surface area contributed by atoms with Gasteiger partial charge in [0, 0.05) is 12.2 Å². The van der Waals surface area contributed by atoms with Gasteiger partial charge in [-0.25, -0.2) is 8.42 Å². The van der Waals surface area contributed by atoms with E-state index in [9.17, 15) is 13.2 Å². The molecule has 0 saturated heterocycles. The van der Waals surface area contributed by atoms with Gasteiger partial charge in [0.25, 0.3) is 0 Å². The summed E-state index contributed by atoms with van der Waals surface area (Å²) < 4.78 is 26.6. The van der Waals surface area contributed by atoms with Gasteiger partial charge in [-0.1, -0.05) is 30.3 Å². The minimum absolute atomic E-state index is 0.0161. The van der Waals surface area contributed by atoms with E-state index in [4.69, 9.17) is 0 Å². The Balaban J connectivity index is 1.62. The molecule has 0 spiro atoms. The molecule has 0 saturated carbocycles. The van der Waals surface area contributed by atoms with Crippen LogP contribution >= 0.6 is 0 Å². The summed E-state index contributed by atoms with van der Waals surface area (Å²) in [7, 11) is -3.49. The first-order chi connectivity index (χ1) is 13.0. The molecule has 5 nitrogen and oxygen atoms in total. The minimum atomic E-state index is -3.49. The number of nitrogens with zero attached hydrogens (tertiary/aromatic N) is 1. The lowest BCUT2D eigenvalue weighted by Gasteiger charge is -2.34. The average molecular weight is 385 g/mol. The van der Waals surface area contributed by atoms with E-state index in [2.05, 4.69) is 11.4 Å². The second-order valence-electron chi connectivity index (χ2n) is 7.26. The Labute approximate surface area is 160 Å². The number of hydrogen-bond donors (Lipinski definition) is 1. The Hall–Kier alpha value is -2.18. The molecular formula is C21H24N2O3S. The summed E-state index contributed by atoms with van der Waals surface area (Å²) in [5.74, 6) is -0.280. The lowest BCUT2D eigenvalue weighted by Crippen LogP contribution is -2.51. The summed E-state index contributed by atoms with van der Waals surface area (Å²) in [6, 6.07) is 13.0. The number of carbonyl (C=O) groups is 1. The zero-order valence-electron chi connectivity index (χ0n) is 15.4. The van der Waals surface area contributed by atoms with Gasteiger partial charge in [-0.2, -0.15) is 4.31 Å². The van der Waals surface area contributed by atoms with Crippen LogP contribution in [-0.4, -0.2) is 30.4 Å². The Morgan fingerprint density at radius 3 is 2.59 bits per heavy atom. The quantitative estimate of drug-likeness (QED) is 0.881. The molecule has 1 N–H and O–H groups in total. The smallest absolute Gasteiger partial charge is 0.243 e. The number of benzene rings is 2. The van der Waals surface area contributed by atoms with Gasteiger partial charge >= 0.3 is 0 Å². The van der Waals surface area contributed by atoms with Gasteiger partial charge < -0.3 is 5.32 Å². The molecule has 1 atom stereocenters. The number of fused-ring (bicyclic) bond motifs is 2. The number of carbonyl (C=O) groups excluding carboxylic acids is 1. The van der Waals surface area contributed by atoms with Crippen LogP contribution in [0, 0.1) is 0 Å². The highest BCUT2D eigenvalue weighted by Gasteiger charge is 2.38. The zero-order valence-corrected chi connectivity index (χ0v) is 16.3. The van der Waals surface area contributed by atoms with Gasteiger partial charge in [-0.05, 0) is 67.0 Å². The van der Waals surface area contributed by atoms with Crippen molar-refractivity contribution >= 4 is 21.6 Å². The SMILES string of the molecule is CCS(=O)(=O)N1Cc2ccccc2C[C@@H]1C(=O)Nc1ccc2c(c1)CCC2. The summed E-state index contributed by atoms with van der Waals surface area (Å²) in [6.45, 7) is 1.86. The van der Waals surface area contributed by atoms with Crippen molar-refractivity contribution in [1.29, 1.82) is 0 Å². The normalized spacial score (nSPS) is 19.4. The molecule has 2 aliphatic rings. The van der Waals surface area contributed by atoms with Crippen molar-refractivity contribution in [3.05, 3.63) is 64.7 Å². The Bertz CT molecular complexity index is 985. The van der Waals surface area contributed by atoms with Crippen molar-refractivity contribution in [3.63, 3.8) is 0 Å². The standard InChI is InChI=1S/C21H24N2O3S/c1-2-27(25,26)23-14-18-7-4-3-6-17(18)13-20(23)21(24)22-19-11-10-15-8-5-9-16(15)12-19/h3-4,6-7,10-12,20H,2,5,8-9,13-14H2,1H3,(H,22,24)/t20-/m1/s1.